The SMILES string of the molecule is O=C(CCNc1c(Cl)cccc1C(F)(F)F)NC1CC1. The summed E-state index contributed by atoms with van der Waals surface area (Å²) in [4.78, 5) is 11.4. The van der Waals surface area contributed by atoms with E-state index in [4.69, 9.17) is 11.6 Å². The van der Waals surface area contributed by atoms with E-state index in [1.54, 1.807) is 0 Å². The summed E-state index contributed by atoms with van der Waals surface area (Å²) in [6.07, 6.45) is -2.42. The molecule has 0 radical (unpaired) electrons. The molecule has 1 fully saturated rings. The number of anilines is 1. The van der Waals surface area contributed by atoms with Gasteiger partial charge in [0.15, 0.2) is 0 Å². The highest BCUT2D eigenvalue weighted by Crippen LogP contribution is 2.38. The van der Waals surface area contributed by atoms with Gasteiger partial charge in [0.05, 0.1) is 16.3 Å². The Morgan fingerprint density at radius 2 is 2.05 bits per heavy atom. The molecule has 1 aromatic rings. The predicted octanol–water partition coefficient (Wildman–Crippen LogP) is 3.44. The Morgan fingerprint density at radius 3 is 2.65 bits per heavy atom. The molecule has 0 spiro atoms. The van der Waals surface area contributed by atoms with Crippen LogP contribution in [-0.4, -0.2) is 18.5 Å². The highest BCUT2D eigenvalue weighted by molar-refractivity contribution is 6.33. The van der Waals surface area contributed by atoms with E-state index in [1.165, 1.54) is 12.1 Å². The number of benzene rings is 1. The lowest BCUT2D eigenvalue weighted by atomic mass is 10.1. The zero-order valence-corrected chi connectivity index (χ0v) is 11.3. The fraction of sp³-hybridized carbons (Fsp3) is 0.462. The Bertz CT molecular complexity index is 501. The summed E-state index contributed by atoms with van der Waals surface area (Å²) in [5.41, 5.74) is -1.01. The minimum atomic E-state index is -4.48. The van der Waals surface area contributed by atoms with Gasteiger partial charge in [-0.25, -0.2) is 0 Å². The van der Waals surface area contributed by atoms with E-state index in [0.717, 1.165) is 18.9 Å². The van der Waals surface area contributed by atoms with Crippen molar-refractivity contribution in [1.29, 1.82) is 0 Å². The first-order chi connectivity index (χ1) is 9.38. The number of hydrogen-bond donors (Lipinski definition) is 2. The predicted molar refractivity (Wildman–Crippen MR) is 70.7 cm³/mol. The van der Waals surface area contributed by atoms with Gasteiger partial charge in [-0.1, -0.05) is 17.7 Å². The lowest BCUT2D eigenvalue weighted by Gasteiger charge is -2.15. The molecule has 2 N–H and O–H groups in total. The van der Waals surface area contributed by atoms with Gasteiger partial charge in [0, 0.05) is 19.0 Å². The number of amides is 1. The van der Waals surface area contributed by atoms with Crippen LogP contribution < -0.4 is 10.6 Å². The summed E-state index contributed by atoms with van der Waals surface area (Å²) in [5.74, 6) is -0.166. The van der Waals surface area contributed by atoms with E-state index >= 15 is 0 Å². The molecule has 7 heteroatoms. The van der Waals surface area contributed by atoms with E-state index in [9.17, 15) is 18.0 Å². The van der Waals surface area contributed by atoms with Crippen LogP contribution in [0.1, 0.15) is 24.8 Å². The fourth-order valence-electron chi connectivity index (χ4n) is 1.77. The normalized spacial score (nSPS) is 15.0. The molecule has 110 valence electrons. The largest absolute Gasteiger partial charge is 0.418 e. The first-order valence-electron chi connectivity index (χ1n) is 6.27. The summed E-state index contributed by atoms with van der Waals surface area (Å²) >= 11 is 5.78. The van der Waals surface area contributed by atoms with E-state index in [1.807, 2.05) is 0 Å². The third-order valence-electron chi connectivity index (χ3n) is 2.92. The standard InChI is InChI=1S/C13H14ClF3N2O/c14-10-3-1-2-9(13(15,16)17)12(10)18-7-6-11(20)19-8-4-5-8/h1-3,8,18H,4-7H2,(H,19,20). The van der Waals surface area contributed by atoms with Crippen molar-refractivity contribution in [3.63, 3.8) is 0 Å². The molecule has 0 bridgehead atoms. The average molecular weight is 307 g/mol. The van der Waals surface area contributed by atoms with Crippen LogP contribution in [-0.2, 0) is 11.0 Å². The maximum atomic E-state index is 12.8. The van der Waals surface area contributed by atoms with Crippen LogP contribution in [0.4, 0.5) is 18.9 Å². The maximum Gasteiger partial charge on any atom is 0.418 e. The van der Waals surface area contributed by atoms with E-state index < -0.39 is 11.7 Å². The van der Waals surface area contributed by atoms with Gasteiger partial charge in [0.1, 0.15) is 0 Å². The Morgan fingerprint density at radius 1 is 1.35 bits per heavy atom. The van der Waals surface area contributed by atoms with Gasteiger partial charge in [-0.05, 0) is 25.0 Å². The van der Waals surface area contributed by atoms with Gasteiger partial charge in [-0.3, -0.25) is 4.79 Å². The second-order valence-electron chi connectivity index (χ2n) is 4.68. The first kappa shape index (κ1) is 15.0. The number of hydrogen-bond acceptors (Lipinski definition) is 2. The molecule has 0 saturated heterocycles. The Kier molecular flexibility index (Phi) is 4.42. The second-order valence-corrected chi connectivity index (χ2v) is 5.09. The van der Waals surface area contributed by atoms with Crippen molar-refractivity contribution in [3.05, 3.63) is 28.8 Å². The minimum Gasteiger partial charge on any atom is -0.383 e. The molecule has 1 amide bonds. The molecule has 0 heterocycles. The summed E-state index contributed by atoms with van der Waals surface area (Å²) in [6.45, 7) is 0.103. The van der Waals surface area contributed by atoms with Gasteiger partial charge in [0.25, 0.3) is 0 Å². The van der Waals surface area contributed by atoms with Gasteiger partial charge in [-0.2, -0.15) is 13.2 Å². The molecular weight excluding hydrogens is 293 g/mol. The fourth-order valence-corrected chi connectivity index (χ4v) is 2.01. The molecule has 20 heavy (non-hydrogen) atoms. The molecule has 1 aromatic carbocycles. The number of carbonyl (C=O) groups excluding carboxylic acids is 1. The van der Waals surface area contributed by atoms with Gasteiger partial charge < -0.3 is 10.6 Å². The lowest BCUT2D eigenvalue weighted by molar-refractivity contribution is -0.137. The van der Waals surface area contributed by atoms with Crippen molar-refractivity contribution >= 4 is 23.2 Å². The molecule has 1 aliphatic rings. The van der Waals surface area contributed by atoms with Crippen molar-refractivity contribution in [1.82, 2.24) is 5.32 Å². The third kappa shape index (κ3) is 4.03. The Balaban J connectivity index is 1.96. The quantitative estimate of drug-likeness (QED) is 0.875. The highest BCUT2D eigenvalue weighted by Gasteiger charge is 2.34. The zero-order valence-electron chi connectivity index (χ0n) is 10.6. The zero-order chi connectivity index (χ0) is 14.8. The van der Waals surface area contributed by atoms with E-state index in [0.29, 0.717) is 0 Å². The van der Waals surface area contributed by atoms with Crippen molar-refractivity contribution in [2.45, 2.75) is 31.5 Å². The molecule has 2 rings (SSSR count). The molecule has 0 unspecified atom stereocenters. The lowest BCUT2D eigenvalue weighted by Crippen LogP contribution is -2.27. The smallest absolute Gasteiger partial charge is 0.383 e. The van der Waals surface area contributed by atoms with Crippen molar-refractivity contribution < 1.29 is 18.0 Å². The Hall–Kier alpha value is -1.43. The molecule has 1 saturated carbocycles. The number of nitrogens with one attached hydrogen (secondary N) is 2. The van der Waals surface area contributed by atoms with E-state index in [-0.39, 0.29) is 35.6 Å². The average Bonchev–Trinajstić information content (AvgIpc) is 3.13. The van der Waals surface area contributed by atoms with E-state index in [2.05, 4.69) is 10.6 Å². The van der Waals surface area contributed by atoms with Crippen LogP contribution in [0.3, 0.4) is 0 Å². The third-order valence-corrected chi connectivity index (χ3v) is 3.23. The first-order valence-corrected chi connectivity index (χ1v) is 6.64. The van der Waals surface area contributed by atoms with Crippen LogP contribution in [0.15, 0.2) is 18.2 Å². The summed E-state index contributed by atoms with van der Waals surface area (Å²) in [6, 6.07) is 3.83. The van der Waals surface area contributed by atoms with Crippen LogP contribution in [0.5, 0.6) is 0 Å². The number of para-hydroxylation sites is 1. The summed E-state index contributed by atoms with van der Waals surface area (Å²) < 4.78 is 38.4. The van der Waals surface area contributed by atoms with Gasteiger partial charge in [0.2, 0.25) is 5.91 Å². The van der Waals surface area contributed by atoms with Crippen LogP contribution in [0.2, 0.25) is 5.02 Å². The summed E-state index contributed by atoms with van der Waals surface area (Å²) in [5, 5.41) is 5.35. The van der Waals surface area contributed by atoms with Crippen molar-refractivity contribution in [3.8, 4) is 0 Å². The Labute approximate surface area is 119 Å². The molecule has 3 nitrogen and oxygen atoms in total. The second kappa shape index (κ2) is 5.91. The topological polar surface area (TPSA) is 41.1 Å². The molecular formula is C13H14ClF3N2O. The minimum absolute atomic E-state index is 0.0116. The number of alkyl halides is 3. The maximum absolute atomic E-state index is 12.8. The van der Waals surface area contributed by atoms with Gasteiger partial charge >= 0.3 is 6.18 Å². The monoisotopic (exact) mass is 306 g/mol. The highest BCUT2D eigenvalue weighted by atomic mass is 35.5. The number of halogens is 4. The molecule has 0 aliphatic heterocycles. The summed E-state index contributed by atoms with van der Waals surface area (Å²) in [7, 11) is 0. The molecule has 0 aromatic heterocycles. The number of carbonyl (C=O) groups is 1. The van der Waals surface area contributed by atoms with Crippen LogP contribution >= 0.6 is 11.6 Å². The van der Waals surface area contributed by atoms with Crippen LogP contribution in [0, 0.1) is 0 Å². The van der Waals surface area contributed by atoms with Crippen molar-refractivity contribution in [2.75, 3.05) is 11.9 Å². The van der Waals surface area contributed by atoms with Gasteiger partial charge in [-0.15, -0.1) is 0 Å². The molecule has 1 aliphatic carbocycles. The number of rotatable bonds is 5. The molecule has 0 atom stereocenters. The van der Waals surface area contributed by atoms with Crippen molar-refractivity contribution in [2.24, 2.45) is 0 Å². The van der Waals surface area contributed by atoms with Crippen LogP contribution in [0.25, 0.3) is 0 Å².